The number of methoxy groups -OCH3 is 1. The lowest BCUT2D eigenvalue weighted by molar-refractivity contribution is 0.277. The molecule has 0 aromatic heterocycles. The Morgan fingerprint density at radius 2 is 2.00 bits per heavy atom. The average molecular weight is 149 g/mol. The van der Waals surface area contributed by atoms with Crippen LogP contribution in [-0.4, -0.2) is 45.4 Å². The number of rotatable bonds is 0. The van der Waals surface area contributed by atoms with Gasteiger partial charge in [-0.3, -0.25) is 0 Å². The molecule has 0 aromatic carbocycles. The zero-order chi connectivity index (χ0) is 7.98. The van der Waals surface area contributed by atoms with E-state index in [1.165, 1.54) is 0 Å². The largest absolute Gasteiger partial charge is 0.388 e. The monoisotopic (exact) mass is 149 g/mol. The van der Waals surface area contributed by atoms with Crippen LogP contribution in [0.25, 0.3) is 0 Å². The summed E-state index contributed by atoms with van der Waals surface area (Å²) in [6, 6.07) is 0. The first kappa shape index (κ1) is 9.85. The number of halogens is 1. The normalized spacial score (nSPS) is 25.8. The van der Waals surface area contributed by atoms with E-state index in [2.05, 4.69) is 4.74 Å². The van der Waals surface area contributed by atoms with E-state index in [0.29, 0.717) is 6.54 Å². The first-order valence-electron chi connectivity index (χ1n) is 3.43. The van der Waals surface area contributed by atoms with Crippen LogP contribution in [0, 0.1) is 0 Å². The standard InChI is InChI=1S/C5H10FN.C2H6O/c1-7-3-2-5(6)4-7;1-3-2/h5H,2-4H2,1H3;1-2H3. The topological polar surface area (TPSA) is 12.5 Å². The summed E-state index contributed by atoms with van der Waals surface area (Å²) < 4.78 is 16.4. The summed E-state index contributed by atoms with van der Waals surface area (Å²) in [5, 5.41) is 0. The van der Waals surface area contributed by atoms with Crippen molar-refractivity contribution >= 4 is 0 Å². The van der Waals surface area contributed by atoms with Gasteiger partial charge in [0.15, 0.2) is 0 Å². The molecule has 1 aliphatic heterocycles. The van der Waals surface area contributed by atoms with Crippen LogP contribution >= 0.6 is 0 Å². The van der Waals surface area contributed by atoms with Gasteiger partial charge >= 0.3 is 0 Å². The van der Waals surface area contributed by atoms with Crippen molar-refractivity contribution in [3.8, 4) is 0 Å². The van der Waals surface area contributed by atoms with E-state index >= 15 is 0 Å². The SMILES string of the molecule is CN1CCC(F)C1.COC. The fraction of sp³-hybridized carbons (Fsp3) is 1.00. The van der Waals surface area contributed by atoms with Gasteiger partial charge in [-0.05, 0) is 13.5 Å². The molecule has 0 saturated carbocycles. The van der Waals surface area contributed by atoms with E-state index in [1.807, 2.05) is 11.9 Å². The maximum atomic E-state index is 12.1. The maximum Gasteiger partial charge on any atom is 0.114 e. The molecule has 0 amide bonds. The van der Waals surface area contributed by atoms with Crippen molar-refractivity contribution in [2.24, 2.45) is 0 Å². The highest BCUT2D eigenvalue weighted by molar-refractivity contribution is 4.70. The molecule has 1 heterocycles. The fourth-order valence-electron chi connectivity index (χ4n) is 0.881. The molecule has 62 valence electrons. The Labute approximate surface area is 62.0 Å². The maximum absolute atomic E-state index is 12.1. The third kappa shape index (κ3) is 4.70. The molecule has 0 spiro atoms. The van der Waals surface area contributed by atoms with E-state index < -0.39 is 6.17 Å². The first-order valence-corrected chi connectivity index (χ1v) is 3.43. The summed E-state index contributed by atoms with van der Waals surface area (Å²) in [5.41, 5.74) is 0. The number of nitrogens with zero attached hydrogens (tertiary/aromatic N) is 1. The third-order valence-electron chi connectivity index (χ3n) is 1.33. The summed E-state index contributed by atoms with van der Waals surface area (Å²) in [4.78, 5) is 2.00. The Morgan fingerprint density at radius 1 is 1.50 bits per heavy atom. The fourth-order valence-corrected chi connectivity index (χ4v) is 0.881. The highest BCUT2D eigenvalue weighted by atomic mass is 19.1. The van der Waals surface area contributed by atoms with Crippen LogP contribution in [0.15, 0.2) is 0 Å². The Hall–Kier alpha value is -0.150. The van der Waals surface area contributed by atoms with Gasteiger partial charge < -0.3 is 9.64 Å². The van der Waals surface area contributed by atoms with Crippen LogP contribution in [0.2, 0.25) is 0 Å². The van der Waals surface area contributed by atoms with Crippen molar-refractivity contribution in [1.29, 1.82) is 0 Å². The van der Waals surface area contributed by atoms with Crippen molar-refractivity contribution in [3.05, 3.63) is 0 Å². The van der Waals surface area contributed by atoms with Gasteiger partial charge in [-0.1, -0.05) is 0 Å². The highest BCUT2D eigenvalue weighted by Crippen LogP contribution is 2.08. The molecule has 0 N–H and O–H groups in total. The van der Waals surface area contributed by atoms with Crippen LogP contribution < -0.4 is 0 Å². The smallest absolute Gasteiger partial charge is 0.114 e. The van der Waals surface area contributed by atoms with Crippen molar-refractivity contribution in [2.45, 2.75) is 12.6 Å². The number of hydrogen-bond donors (Lipinski definition) is 0. The van der Waals surface area contributed by atoms with E-state index in [1.54, 1.807) is 14.2 Å². The van der Waals surface area contributed by atoms with E-state index in [-0.39, 0.29) is 0 Å². The molecule has 0 bridgehead atoms. The number of hydrogen-bond acceptors (Lipinski definition) is 2. The molecule has 1 rings (SSSR count). The first-order chi connectivity index (χ1) is 4.70. The minimum atomic E-state index is -0.551. The molecule has 1 unspecified atom stereocenters. The Balaban J connectivity index is 0.000000236. The summed E-state index contributed by atoms with van der Waals surface area (Å²) in [6.07, 6.45) is 0.182. The number of alkyl halides is 1. The highest BCUT2D eigenvalue weighted by Gasteiger charge is 2.17. The van der Waals surface area contributed by atoms with Gasteiger partial charge in [0.1, 0.15) is 6.17 Å². The van der Waals surface area contributed by atoms with E-state index in [4.69, 9.17) is 0 Å². The molecule has 3 heteroatoms. The van der Waals surface area contributed by atoms with Gasteiger partial charge in [-0.15, -0.1) is 0 Å². The minimum absolute atomic E-state index is 0.551. The summed E-state index contributed by atoms with van der Waals surface area (Å²) in [5.74, 6) is 0. The zero-order valence-electron chi connectivity index (χ0n) is 6.93. The summed E-state index contributed by atoms with van der Waals surface area (Å²) >= 11 is 0. The van der Waals surface area contributed by atoms with Gasteiger partial charge in [0.05, 0.1) is 0 Å². The number of ether oxygens (including phenoxy) is 1. The third-order valence-corrected chi connectivity index (χ3v) is 1.33. The molecule has 1 fully saturated rings. The van der Waals surface area contributed by atoms with Crippen LogP contribution in [0.5, 0.6) is 0 Å². The predicted molar refractivity (Wildman–Crippen MR) is 39.9 cm³/mol. The van der Waals surface area contributed by atoms with Crippen molar-refractivity contribution < 1.29 is 9.13 Å². The van der Waals surface area contributed by atoms with Gasteiger partial charge in [0.25, 0.3) is 0 Å². The summed E-state index contributed by atoms with van der Waals surface area (Å²) in [7, 11) is 5.19. The van der Waals surface area contributed by atoms with Crippen LogP contribution in [0.3, 0.4) is 0 Å². The molecule has 0 aromatic rings. The van der Waals surface area contributed by atoms with Gasteiger partial charge in [0, 0.05) is 27.3 Å². The van der Waals surface area contributed by atoms with Crippen molar-refractivity contribution in [1.82, 2.24) is 4.90 Å². The molecule has 1 saturated heterocycles. The second-order valence-electron chi connectivity index (χ2n) is 2.56. The van der Waals surface area contributed by atoms with E-state index in [0.717, 1.165) is 13.0 Å². The van der Waals surface area contributed by atoms with Gasteiger partial charge in [0.2, 0.25) is 0 Å². The molecular weight excluding hydrogens is 133 g/mol. The molecule has 10 heavy (non-hydrogen) atoms. The molecule has 2 nitrogen and oxygen atoms in total. The quantitative estimate of drug-likeness (QED) is 0.508. The van der Waals surface area contributed by atoms with E-state index in [9.17, 15) is 4.39 Å². The minimum Gasteiger partial charge on any atom is -0.388 e. The van der Waals surface area contributed by atoms with Gasteiger partial charge in [-0.25, -0.2) is 4.39 Å². The lowest BCUT2D eigenvalue weighted by atomic mass is 10.4. The van der Waals surface area contributed by atoms with Crippen LogP contribution in [0.4, 0.5) is 4.39 Å². The molecule has 1 aliphatic rings. The van der Waals surface area contributed by atoms with Crippen molar-refractivity contribution in [3.63, 3.8) is 0 Å². The van der Waals surface area contributed by atoms with Crippen molar-refractivity contribution in [2.75, 3.05) is 34.4 Å². The van der Waals surface area contributed by atoms with Crippen LogP contribution in [-0.2, 0) is 4.74 Å². The van der Waals surface area contributed by atoms with Crippen LogP contribution in [0.1, 0.15) is 6.42 Å². The number of likely N-dealkylation sites (tertiary alicyclic amines) is 1. The Kier molecular flexibility index (Phi) is 5.54. The average Bonchev–Trinajstić information content (AvgIpc) is 2.17. The lowest BCUT2D eigenvalue weighted by Gasteiger charge is -2.01. The second kappa shape index (κ2) is 5.62. The lowest BCUT2D eigenvalue weighted by Crippen LogP contribution is -2.13. The molecule has 0 radical (unpaired) electrons. The molecule has 1 atom stereocenters. The molecular formula is C7H16FNO. The zero-order valence-corrected chi connectivity index (χ0v) is 6.93. The Bertz CT molecular complexity index is 72.0. The second-order valence-corrected chi connectivity index (χ2v) is 2.56. The predicted octanol–water partition coefficient (Wildman–Crippen LogP) is 0.923. The molecule has 0 aliphatic carbocycles. The summed E-state index contributed by atoms with van der Waals surface area (Å²) in [6.45, 7) is 1.57. The Morgan fingerprint density at radius 3 is 2.10 bits per heavy atom. The van der Waals surface area contributed by atoms with Gasteiger partial charge in [-0.2, -0.15) is 0 Å².